The highest BCUT2D eigenvalue weighted by Crippen LogP contribution is 2.63. The lowest BCUT2D eigenvalue weighted by atomic mass is 9.66. The largest absolute Gasteiger partial charge is 0.363 e. The van der Waals surface area contributed by atoms with Crippen LogP contribution in [0.4, 0.5) is 0 Å². The molecule has 2 unspecified atom stereocenters. The molecule has 21 heavy (non-hydrogen) atoms. The Bertz CT molecular complexity index is 516. The van der Waals surface area contributed by atoms with Crippen molar-refractivity contribution in [1.29, 1.82) is 0 Å². The summed E-state index contributed by atoms with van der Waals surface area (Å²) in [5.41, 5.74) is 0.595. The molecule has 2 heterocycles. The van der Waals surface area contributed by atoms with Crippen molar-refractivity contribution in [2.24, 2.45) is 11.8 Å². The van der Waals surface area contributed by atoms with E-state index in [-0.39, 0.29) is 5.60 Å². The van der Waals surface area contributed by atoms with Gasteiger partial charge in [0.15, 0.2) is 5.79 Å². The van der Waals surface area contributed by atoms with E-state index < -0.39 is 11.4 Å². The number of hydrogen-bond acceptors (Lipinski definition) is 3. The highest BCUT2D eigenvalue weighted by Gasteiger charge is 2.73. The van der Waals surface area contributed by atoms with Gasteiger partial charge in [-0.25, -0.2) is 0 Å². The average molecular weight is 290 g/mol. The Morgan fingerprint density at radius 2 is 1.81 bits per heavy atom. The fraction of sp³-hybridized carbons (Fsp3) is 0.667. The summed E-state index contributed by atoms with van der Waals surface area (Å²) in [4.78, 5) is 0. The van der Waals surface area contributed by atoms with Crippen LogP contribution in [0.25, 0.3) is 0 Å². The van der Waals surface area contributed by atoms with Crippen LogP contribution in [0.2, 0.25) is 0 Å². The summed E-state index contributed by atoms with van der Waals surface area (Å²) < 4.78 is 18.6. The maximum Gasteiger partial charge on any atom is 0.200 e. The lowest BCUT2D eigenvalue weighted by molar-refractivity contribution is -0.294. The van der Waals surface area contributed by atoms with Crippen molar-refractivity contribution in [2.75, 3.05) is 7.11 Å². The molecule has 0 spiro atoms. The number of benzene rings is 1. The first-order valence-corrected chi connectivity index (χ1v) is 7.80. The van der Waals surface area contributed by atoms with Gasteiger partial charge in [0, 0.05) is 13.5 Å². The molecule has 0 amide bonds. The number of ether oxygens (including phenoxy) is 3. The molecule has 0 saturated carbocycles. The van der Waals surface area contributed by atoms with E-state index in [1.165, 1.54) is 0 Å². The van der Waals surface area contributed by atoms with Gasteiger partial charge in [0.2, 0.25) is 0 Å². The van der Waals surface area contributed by atoms with Gasteiger partial charge in [-0.15, -0.1) is 0 Å². The standard InChI is InChI=1S/C18H26O3/c1-13-14(2)17(4)18(19-5,12-16(13,3)21-17)20-11-15-9-7-6-8-10-15/h6-10,13-14H,11-12H2,1-5H3/t13?,14?,16-,17-,18+/m1/s1. The lowest BCUT2D eigenvalue weighted by Crippen LogP contribution is -2.58. The molecule has 2 fully saturated rings. The first-order valence-electron chi connectivity index (χ1n) is 7.80. The van der Waals surface area contributed by atoms with E-state index in [1.807, 2.05) is 18.2 Å². The van der Waals surface area contributed by atoms with Crippen molar-refractivity contribution < 1.29 is 14.2 Å². The highest BCUT2D eigenvalue weighted by atomic mass is 16.7. The predicted molar refractivity (Wildman–Crippen MR) is 81.8 cm³/mol. The Hall–Kier alpha value is -0.900. The van der Waals surface area contributed by atoms with Gasteiger partial charge in [0.1, 0.15) is 5.60 Å². The fourth-order valence-corrected chi connectivity index (χ4v) is 4.24. The number of methoxy groups -OCH3 is 1. The Kier molecular flexibility index (Phi) is 3.43. The van der Waals surface area contributed by atoms with E-state index in [9.17, 15) is 0 Å². The Morgan fingerprint density at radius 1 is 1.14 bits per heavy atom. The molecule has 1 aromatic rings. The molecule has 3 nitrogen and oxygen atoms in total. The lowest BCUT2D eigenvalue weighted by Gasteiger charge is -2.46. The first-order chi connectivity index (χ1) is 9.87. The van der Waals surface area contributed by atoms with Gasteiger partial charge in [0.05, 0.1) is 12.2 Å². The van der Waals surface area contributed by atoms with Gasteiger partial charge in [-0.05, 0) is 31.2 Å². The van der Waals surface area contributed by atoms with Gasteiger partial charge in [-0.2, -0.15) is 0 Å². The van der Waals surface area contributed by atoms with Crippen molar-refractivity contribution in [3.05, 3.63) is 35.9 Å². The summed E-state index contributed by atoms with van der Waals surface area (Å²) in [6.07, 6.45) is 0.783. The molecule has 2 bridgehead atoms. The van der Waals surface area contributed by atoms with Gasteiger partial charge < -0.3 is 14.2 Å². The van der Waals surface area contributed by atoms with Crippen LogP contribution in [0.15, 0.2) is 30.3 Å². The van der Waals surface area contributed by atoms with E-state index in [0.29, 0.717) is 18.4 Å². The Morgan fingerprint density at radius 3 is 2.33 bits per heavy atom. The molecule has 0 aromatic heterocycles. The maximum absolute atomic E-state index is 6.42. The van der Waals surface area contributed by atoms with Crippen molar-refractivity contribution >= 4 is 0 Å². The molecule has 2 saturated heterocycles. The molecule has 3 rings (SSSR count). The predicted octanol–water partition coefficient (Wildman–Crippen LogP) is 3.77. The monoisotopic (exact) mass is 290 g/mol. The van der Waals surface area contributed by atoms with Crippen LogP contribution in [-0.4, -0.2) is 24.1 Å². The molecule has 0 aliphatic carbocycles. The van der Waals surface area contributed by atoms with Crippen LogP contribution in [0.1, 0.15) is 39.7 Å². The van der Waals surface area contributed by atoms with Crippen LogP contribution in [0, 0.1) is 11.8 Å². The van der Waals surface area contributed by atoms with Gasteiger partial charge in [-0.3, -0.25) is 0 Å². The third kappa shape index (κ3) is 1.98. The average Bonchev–Trinajstić information content (AvgIpc) is 2.83. The quantitative estimate of drug-likeness (QED) is 0.790. The van der Waals surface area contributed by atoms with E-state index in [1.54, 1.807) is 7.11 Å². The second kappa shape index (κ2) is 4.80. The fourth-order valence-electron chi connectivity index (χ4n) is 4.24. The molecular formula is C18H26O3. The normalized spacial score (nSPS) is 45.2. The third-order valence-electron chi connectivity index (χ3n) is 6.01. The summed E-state index contributed by atoms with van der Waals surface area (Å²) in [5, 5.41) is 0. The summed E-state index contributed by atoms with van der Waals surface area (Å²) >= 11 is 0. The molecule has 2 aliphatic heterocycles. The molecule has 116 valence electrons. The van der Waals surface area contributed by atoms with Crippen LogP contribution < -0.4 is 0 Å². The second-order valence-corrected chi connectivity index (χ2v) is 7.01. The van der Waals surface area contributed by atoms with E-state index >= 15 is 0 Å². The molecule has 0 radical (unpaired) electrons. The molecule has 2 aliphatic rings. The van der Waals surface area contributed by atoms with E-state index in [2.05, 4.69) is 39.8 Å². The topological polar surface area (TPSA) is 27.7 Å². The summed E-state index contributed by atoms with van der Waals surface area (Å²) in [7, 11) is 1.74. The van der Waals surface area contributed by atoms with Gasteiger partial charge >= 0.3 is 0 Å². The van der Waals surface area contributed by atoms with Gasteiger partial charge in [-0.1, -0.05) is 44.2 Å². The zero-order valence-corrected chi connectivity index (χ0v) is 13.7. The maximum atomic E-state index is 6.42. The summed E-state index contributed by atoms with van der Waals surface area (Å²) in [6, 6.07) is 10.2. The van der Waals surface area contributed by atoms with Crippen molar-refractivity contribution in [2.45, 2.75) is 57.7 Å². The van der Waals surface area contributed by atoms with Crippen LogP contribution >= 0.6 is 0 Å². The molecule has 0 N–H and O–H groups in total. The van der Waals surface area contributed by atoms with E-state index in [4.69, 9.17) is 14.2 Å². The summed E-state index contributed by atoms with van der Waals surface area (Å²) in [6.45, 7) is 9.39. The first kappa shape index (κ1) is 15.0. The Labute approximate surface area is 127 Å². The third-order valence-corrected chi connectivity index (χ3v) is 6.01. The molecule has 3 heteroatoms. The molecular weight excluding hydrogens is 264 g/mol. The van der Waals surface area contributed by atoms with Crippen molar-refractivity contribution in [3.8, 4) is 0 Å². The van der Waals surface area contributed by atoms with Crippen molar-refractivity contribution in [3.63, 3.8) is 0 Å². The minimum absolute atomic E-state index is 0.166. The van der Waals surface area contributed by atoms with Crippen LogP contribution in [0.5, 0.6) is 0 Å². The minimum atomic E-state index is -0.663. The van der Waals surface area contributed by atoms with Crippen molar-refractivity contribution in [1.82, 2.24) is 0 Å². The highest BCUT2D eigenvalue weighted by molar-refractivity contribution is 5.18. The zero-order chi connectivity index (χ0) is 15.3. The van der Waals surface area contributed by atoms with Gasteiger partial charge in [0.25, 0.3) is 0 Å². The Balaban J connectivity index is 1.85. The van der Waals surface area contributed by atoms with Crippen LogP contribution in [0.3, 0.4) is 0 Å². The van der Waals surface area contributed by atoms with E-state index in [0.717, 1.165) is 12.0 Å². The smallest absolute Gasteiger partial charge is 0.200 e. The number of hydrogen-bond donors (Lipinski definition) is 0. The summed E-state index contributed by atoms with van der Waals surface area (Å²) in [5.74, 6) is 0.238. The molecule has 1 aromatic carbocycles. The SMILES string of the molecule is CO[C@]1(OCc2ccccc2)C[C@@]2(C)O[C@]1(C)C(C)C2C. The molecule has 5 atom stereocenters. The zero-order valence-electron chi connectivity index (χ0n) is 13.7. The second-order valence-electron chi connectivity index (χ2n) is 7.01. The number of fused-ring (bicyclic) bond motifs is 2. The minimum Gasteiger partial charge on any atom is -0.363 e. The number of rotatable bonds is 4. The van der Waals surface area contributed by atoms with Crippen LogP contribution in [-0.2, 0) is 20.8 Å².